The van der Waals surface area contributed by atoms with Gasteiger partial charge in [0.15, 0.2) is 5.69 Å². The van der Waals surface area contributed by atoms with Gasteiger partial charge in [-0.1, -0.05) is 6.07 Å². The summed E-state index contributed by atoms with van der Waals surface area (Å²) in [5, 5.41) is 10.8. The molecule has 0 radical (unpaired) electrons. The highest BCUT2D eigenvalue weighted by atomic mass is 19.4. The van der Waals surface area contributed by atoms with E-state index in [0.717, 1.165) is 6.20 Å². The largest absolute Gasteiger partial charge is 0.489 e. The van der Waals surface area contributed by atoms with E-state index in [0.29, 0.717) is 22.3 Å². The number of ether oxygens (including phenoxy) is 2. The second-order valence-corrected chi connectivity index (χ2v) is 7.26. The van der Waals surface area contributed by atoms with Gasteiger partial charge in [-0.3, -0.25) is 9.78 Å². The molecule has 3 N–H and O–H groups in total. The Hall–Kier alpha value is -3.11. The summed E-state index contributed by atoms with van der Waals surface area (Å²) in [6.07, 6.45) is -4.47. The first-order valence-corrected chi connectivity index (χ1v) is 9.44. The number of nitrogens with zero attached hydrogens (tertiary/aromatic N) is 1. The van der Waals surface area contributed by atoms with Gasteiger partial charge in [-0.25, -0.2) is 0 Å². The van der Waals surface area contributed by atoms with Crippen LogP contribution in [0.5, 0.6) is 5.75 Å². The number of rotatable bonds is 5. The minimum absolute atomic E-state index is 0.0735. The quantitative estimate of drug-likeness (QED) is 0.636. The number of carbonyl (C=O) groups is 1. The number of aromatic nitrogens is 1. The van der Waals surface area contributed by atoms with Crippen molar-refractivity contribution in [1.29, 1.82) is 0 Å². The predicted molar refractivity (Wildman–Crippen MR) is 103 cm³/mol. The Bertz CT molecular complexity index is 1140. The third-order valence-corrected chi connectivity index (χ3v) is 5.24. The first-order valence-electron chi connectivity index (χ1n) is 9.44. The van der Waals surface area contributed by atoms with Crippen molar-refractivity contribution in [3.05, 3.63) is 58.6 Å². The van der Waals surface area contributed by atoms with Crippen molar-refractivity contribution < 1.29 is 37.0 Å². The fourth-order valence-electron chi connectivity index (χ4n) is 3.89. The third-order valence-electron chi connectivity index (χ3n) is 5.24. The van der Waals surface area contributed by atoms with Gasteiger partial charge in [0.2, 0.25) is 0 Å². The van der Waals surface area contributed by atoms with Crippen molar-refractivity contribution in [2.75, 3.05) is 13.2 Å². The molecule has 31 heavy (non-hydrogen) atoms. The molecule has 0 spiro atoms. The summed E-state index contributed by atoms with van der Waals surface area (Å²) in [4.78, 5) is 15.5. The number of aliphatic hydroxyl groups is 1. The van der Waals surface area contributed by atoms with Crippen LogP contribution in [0, 0.1) is 6.92 Å². The van der Waals surface area contributed by atoms with E-state index in [9.17, 15) is 23.1 Å². The maximum Gasteiger partial charge on any atom is 0.433 e. The fourth-order valence-corrected chi connectivity index (χ4v) is 3.89. The lowest BCUT2D eigenvalue weighted by Crippen LogP contribution is -2.19. The van der Waals surface area contributed by atoms with Crippen LogP contribution in [-0.2, 0) is 17.5 Å². The number of carbonyl (C=O) groups excluding carboxylic acids is 1. The van der Waals surface area contributed by atoms with Gasteiger partial charge in [0, 0.05) is 28.6 Å². The Labute approximate surface area is 174 Å². The molecule has 2 aromatic heterocycles. The molecule has 3 aromatic rings. The molecule has 4 rings (SSSR count). The van der Waals surface area contributed by atoms with Crippen LogP contribution in [0.25, 0.3) is 11.0 Å². The predicted octanol–water partition coefficient (Wildman–Crippen LogP) is 3.31. The van der Waals surface area contributed by atoms with Crippen molar-refractivity contribution in [2.24, 2.45) is 5.73 Å². The summed E-state index contributed by atoms with van der Waals surface area (Å²) in [6.45, 7) is 1.37. The lowest BCUT2D eigenvalue weighted by atomic mass is 9.90. The SMILES string of the molecule is Cc1oc2ccc(OCc3cccnc3C(F)(F)F)c(C3COCC3O)c2c1C(N)=O. The monoisotopic (exact) mass is 436 g/mol. The first-order chi connectivity index (χ1) is 14.7. The summed E-state index contributed by atoms with van der Waals surface area (Å²) in [6, 6.07) is 5.74. The molecule has 10 heteroatoms. The van der Waals surface area contributed by atoms with E-state index in [2.05, 4.69) is 4.98 Å². The molecular weight excluding hydrogens is 417 g/mol. The van der Waals surface area contributed by atoms with Crippen LogP contribution in [0.2, 0.25) is 0 Å². The number of nitrogens with two attached hydrogens (primary N) is 1. The maximum absolute atomic E-state index is 13.3. The van der Waals surface area contributed by atoms with Crippen LogP contribution in [0.1, 0.15) is 38.9 Å². The van der Waals surface area contributed by atoms with E-state index in [1.165, 1.54) is 18.2 Å². The second kappa shape index (κ2) is 7.86. The van der Waals surface area contributed by atoms with Crippen LogP contribution in [-0.4, -0.2) is 35.3 Å². The first kappa shape index (κ1) is 21.1. The second-order valence-electron chi connectivity index (χ2n) is 7.26. The number of benzene rings is 1. The van der Waals surface area contributed by atoms with Crippen molar-refractivity contribution in [3.8, 4) is 5.75 Å². The average molecular weight is 436 g/mol. The summed E-state index contributed by atoms with van der Waals surface area (Å²) < 4.78 is 56.6. The number of alkyl halides is 3. The van der Waals surface area contributed by atoms with E-state index in [-0.39, 0.29) is 30.1 Å². The Morgan fingerprint density at radius 1 is 1.32 bits per heavy atom. The van der Waals surface area contributed by atoms with Gasteiger partial charge in [-0.2, -0.15) is 13.2 Å². The molecule has 7 nitrogen and oxygen atoms in total. The smallest absolute Gasteiger partial charge is 0.433 e. The van der Waals surface area contributed by atoms with Crippen LogP contribution in [0.3, 0.4) is 0 Å². The van der Waals surface area contributed by atoms with Crippen molar-refractivity contribution >= 4 is 16.9 Å². The highest BCUT2D eigenvalue weighted by Crippen LogP contribution is 2.42. The summed E-state index contributed by atoms with van der Waals surface area (Å²) in [5.74, 6) is -0.817. The summed E-state index contributed by atoms with van der Waals surface area (Å²) in [7, 11) is 0. The number of aryl methyl sites for hydroxylation is 1. The minimum Gasteiger partial charge on any atom is -0.489 e. The van der Waals surface area contributed by atoms with E-state index >= 15 is 0 Å². The van der Waals surface area contributed by atoms with Gasteiger partial charge in [-0.15, -0.1) is 0 Å². The maximum atomic E-state index is 13.3. The standard InChI is InChI=1S/C21H19F3N2O5/c1-10-16(20(25)28)18-15(31-10)5-4-14(17(18)12-8-29-9-13(12)27)30-7-11-3-2-6-26-19(11)21(22,23)24/h2-6,12-13,27H,7-9H2,1H3,(H2,25,28). The van der Waals surface area contributed by atoms with Gasteiger partial charge >= 0.3 is 6.18 Å². The molecule has 1 aromatic carbocycles. The molecule has 1 aliphatic rings. The number of aliphatic hydroxyl groups excluding tert-OH is 1. The molecule has 1 aliphatic heterocycles. The lowest BCUT2D eigenvalue weighted by Gasteiger charge is -2.20. The van der Waals surface area contributed by atoms with Crippen LogP contribution in [0.4, 0.5) is 13.2 Å². The number of furan rings is 1. The lowest BCUT2D eigenvalue weighted by molar-refractivity contribution is -0.142. The number of halogens is 3. The summed E-state index contributed by atoms with van der Waals surface area (Å²) >= 11 is 0. The van der Waals surface area contributed by atoms with E-state index in [1.807, 2.05) is 0 Å². The molecule has 0 saturated carbocycles. The number of primary amides is 1. The van der Waals surface area contributed by atoms with Crippen LogP contribution < -0.4 is 10.5 Å². The van der Waals surface area contributed by atoms with Crippen molar-refractivity contribution in [2.45, 2.75) is 31.7 Å². The number of hydrogen-bond donors (Lipinski definition) is 2. The zero-order valence-electron chi connectivity index (χ0n) is 16.4. The zero-order valence-corrected chi connectivity index (χ0v) is 16.4. The average Bonchev–Trinajstić information content (AvgIpc) is 3.27. The number of hydrogen-bond acceptors (Lipinski definition) is 6. The molecule has 1 amide bonds. The van der Waals surface area contributed by atoms with E-state index < -0.39 is 36.4 Å². The van der Waals surface area contributed by atoms with Gasteiger partial charge in [0.25, 0.3) is 5.91 Å². The molecule has 0 aliphatic carbocycles. The van der Waals surface area contributed by atoms with Gasteiger partial charge < -0.3 is 24.7 Å². The Morgan fingerprint density at radius 2 is 2.10 bits per heavy atom. The molecule has 1 saturated heterocycles. The molecule has 3 heterocycles. The minimum atomic E-state index is -4.64. The Morgan fingerprint density at radius 3 is 2.74 bits per heavy atom. The Kier molecular flexibility index (Phi) is 5.36. The van der Waals surface area contributed by atoms with Crippen molar-refractivity contribution in [3.63, 3.8) is 0 Å². The molecule has 0 bridgehead atoms. The van der Waals surface area contributed by atoms with Gasteiger partial charge in [-0.05, 0) is 25.1 Å². The molecular formula is C21H19F3N2O5. The number of fused-ring (bicyclic) bond motifs is 1. The highest BCUT2D eigenvalue weighted by Gasteiger charge is 2.36. The third kappa shape index (κ3) is 3.84. The highest BCUT2D eigenvalue weighted by molar-refractivity contribution is 6.08. The topological polar surface area (TPSA) is 108 Å². The molecule has 2 atom stereocenters. The van der Waals surface area contributed by atoms with Crippen molar-refractivity contribution in [1.82, 2.24) is 4.98 Å². The van der Waals surface area contributed by atoms with E-state index in [4.69, 9.17) is 19.6 Å². The number of amides is 1. The van der Waals surface area contributed by atoms with Crippen LogP contribution in [0.15, 0.2) is 34.9 Å². The zero-order chi connectivity index (χ0) is 22.3. The Balaban J connectivity index is 1.82. The van der Waals surface area contributed by atoms with E-state index in [1.54, 1.807) is 13.0 Å². The molecule has 1 fully saturated rings. The summed E-state index contributed by atoms with van der Waals surface area (Å²) in [5.41, 5.74) is 5.24. The fraction of sp³-hybridized carbons (Fsp3) is 0.333. The normalized spacial score (nSPS) is 19.1. The number of pyridine rings is 1. The molecule has 2 unspecified atom stereocenters. The van der Waals surface area contributed by atoms with Gasteiger partial charge in [0.1, 0.15) is 23.7 Å². The van der Waals surface area contributed by atoms with Gasteiger partial charge in [0.05, 0.1) is 24.9 Å². The molecule has 164 valence electrons. The van der Waals surface area contributed by atoms with Crippen LogP contribution >= 0.6 is 0 Å².